The van der Waals surface area contributed by atoms with Crippen molar-refractivity contribution in [3.05, 3.63) is 69.9 Å². The largest absolute Gasteiger partial charge is 0.416 e. The molecule has 0 amide bonds. The van der Waals surface area contributed by atoms with Crippen LogP contribution in [0.3, 0.4) is 0 Å². The van der Waals surface area contributed by atoms with Crippen LogP contribution in [0.15, 0.2) is 42.5 Å². The fourth-order valence-electron chi connectivity index (χ4n) is 2.38. The minimum Gasteiger partial charge on any atom is -0.196 e. The Morgan fingerprint density at radius 3 is 2.62 bits per heavy atom. The maximum Gasteiger partial charge on any atom is 0.416 e. The van der Waals surface area contributed by atoms with Gasteiger partial charge in [-0.05, 0) is 35.4 Å². The Morgan fingerprint density at radius 2 is 1.88 bits per heavy atom. The van der Waals surface area contributed by atoms with Gasteiger partial charge >= 0.3 is 6.18 Å². The highest BCUT2D eigenvalue weighted by Crippen LogP contribution is 2.31. The Balaban J connectivity index is 2.01. The highest BCUT2D eigenvalue weighted by atomic mass is 35.5. The molecule has 3 aromatic rings. The van der Waals surface area contributed by atoms with Crippen molar-refractivity contribution < 1.29 is 13.2 Å². The molecule has 0 saturated carbocycles. The number of nitrogens with zero attached hydrogens (tertiary/aromatic N) is 3. The van der Waals surface area contributed by atoms with Crippen LogP contribution < -0.4 is 0 Å². The van der Waals surface area contributed by atoms with E-state index in [-0.39, 0.29) is 5.69 Å². The van der Waals surface area contributed by atoms with E-state index in [0.717, 1.165) is 12.1 Å². The molecule has 1 N–H and O–H groups in total. The second kappa shape index (κ2) is 7.02. The number of aromatic amines is 1. The van der Waals surface area contributed by atoms with Crippen LogP contribution in [-0.4, -0.2) is 15.4 Å². The Labute approximate surface area is 151 Å². The van der Waals surface area contributed by atoms with Gasteiger partial charge in [0.15, 0.2) is 5.69 Å². The molecule has 0 bridgehead atoms. The standard InChI is InChI=1S/C18H10ClF3N4/c19-14-7-6-12(15(9-14)17-16(10-23)24-26-25-17)5-4-11-2-1-3-13(8-11)18(20,21)22/h1-9H,(H,24,25,26)/b5-4+. The van der Waals surface area contributed by atoms with Crippen molar-refractivity contribution >= 4 is 23.8 Å². The molecule has 0 unspecified atom stereocenters. The average molecular weight is 375 g/mol. The van der Waals surface area contributed by atoms with Gasteiger partial charge in [0.05, 0.1) is 5.56 Å². The molecule has 1 heterocycles. The Bertz CT molecular complexity index is 1020. The Hall–Kier alpha value is -3.11. The van der Waals surface area contributed by atoms with E-state index in [1.807, 2.05) is 6.07 Å². The first-order chi connectivity index (χ1) is 12.4. The predicted molar refractivity (Wildman–Crippen MR) is 91.9 cm³/mol. The lowest BCUT2D eigenvalue weighted by Crippen LogP contribution is -2.04. The number of H-pyrrole nitrogens is 1. The second-order valence-electron chi connectivity index (χ2n) is 5.32. The summed E-state index contributed by atoms with van der Waals surface area (Å²) in [6.45, 7) is 0. The summed E-state index contributed by atoms with van der Waals surface area (Å²) in [7, 11) is 0. The highest BCUT2D eigenvalue weighted by molar-refractivity contribution is 6.31. The third kappa shape index (κ3) is 3.76. The second-order valence-corrected chi connectivity index (χ2v) is 5.76. The van der Waals surface area contributed by atoms with Gasteiger partial charge in [-0.25, -0.2) is 0 Å². The normalized spacial score (nSPS) is 11.7. The minimum absolute atomic E-state index is 0.0981. The number of hydrogen-bond acceptors (Lipinski definition) is 3. The zero-order valence-corrected chi connectivity index (χ0v) is 13.8. The van der Waals surface area contributed by atoms with Crippen molar-refractivity contribution in [2.45, 2.75) is 6.18 Å². The summed E-state index contributed by atoms with van der Waals surface area (Å²) in [6, 6.07) is 11.9. The summed E-state index contributed by atoms with van der Waals surface area (Å²) in [4.78, 5) is 0. The fourth-order valence-corrected chi connectivity index (χ4v) is 2.55. The van der Waals surface area contributed by atoms with Crippen LogP contribution in [-0.2, 0) is 6.18 Å². The van der Waals surface area contributed by atoms with Gasteiger partial charge in [-0.1, -0.05) is 42.0 Å². The maximum absolute atomic E-state index is 12.8. The van der Waals surface area contributed by atoms with Gasteiger partial charge in [0.1, 0.15) is 11.8 Å². The molecule has 8 heteroatoms. The molecular formula is C18H10ClF3N4. The molecule has 0 atom stereocenters. The summed E-state index contributed by atoms with van der Waals surface area (Å²) in [6.07, 6.45) is -1.22. The van der Waals surface area contributed by atoms with Gasteiger partial charge in [-0.3, -0.25) is 0 Å². The van der Waals surface area contributed by atoms with E-state index in [9.17, 15) is 13.2 Å². The molecule has 4 nitrogen and oxygen atoms in total. The van der Waals surface area contributed by atoms with E-state index < -0.39 is 11.7 Å². The van der Waals surface area contributed by atoms with Gasteiger partial charge in [0, 0.05) is 10.6 Å². The minimum atomic E-state index is -4.41. The van der Waals surface area contributed by atoms with E-state index in [0.29, 0.717) is 27.4 Å². The lowest BCUT2D eigenvalue weighted by atomic mass is 10.0. The van der Waals surface area contributed by atoms with Gasteiger partial charge in [0.25, 0.3) is 0 Å². The number of alkyl halides is 3. The van der Waals surface area contributed by atoms with Crippen molar-refractivity contribution in [1.82, 2.24) is 15.4 Å². The molecular weight excluding hydrogens is 365 g/mol. The topological polar surface area (TPSA) is 65.4 Å². The highest BCUT2D eigenvalue weighted by Gasteiger charge is 2.30. The number of rotatable bonds is 3. The van der Waals surface area contributed by atoms with Gasteiger partial charge in [-0.2, -0.15) is 28.7 Å². The van der Waals surface area contributed by atoms with E-state index in [4.69, 9.17) is 16.9 Å². The average Bonchev–Trinajstić information content (AvgIpc) is 3.08. The summed E-state index contributed by atoms with van der Waals surface area (Å²) in [5.74, 6) is 0. The van der Waals surface area contributed by atoms with Crippen LogP contribution in [0.4, 0.5) is 13.2 Å². The number of halogens is 4. The zero-order chi connectivity index (χ0) is 18.7. The summed E-state index contributed by atoms with van der Waals surface area (Å²) < 4.78 is 38.5. The van der Waals surface area contributed by atoms with E-state index in [2.05, 4.69) is 15.4 Å². The smallest absolute Gasteiger partial charge is 0.196 e. The monoisotopic (exact) mass is 374 g/mol. The Kier molecular flexibility index (Phi) is 4.78. The van der Waals surface area contributed by atoms with Crippen LogP contribution in [0.1, 0.15) is 22.4 Å². The van der Waals surface area contributed by atoms with Crippen LogP contribution >= 0.6 is 11.6 Å². The number of hydrogen-bond donors (Lipinski definition) is 1. The molecule has 3 rings (SSSR count). The first-order valence-corrected chi connectivity index (χ1v) is 7.72. The molecule has 0 spiro atoms. The molecule has 0 saturated heterocycles. The molecule has 0 radical (unpaired) electrons. The number of benzene rings is 2. The molecule has 2 aromatic carbocycles. The number of nitrogens with one attached hydrogen (secondary N) is 1. The van der Waals surface area contributed by atoms with Gasteiger partial charge in [-0.15, -0.1) is 5.10 Å². The van der Waals surface area contributed by atoms with Gasteiger partial charge < -0.3 is 0 Å². The van der Waals surface area contributed by atoms with Crippen molar-refractivity contribution in [3.8, 4) is 17.3 Å². The summed E-state index contributed by atoms with van der Waals surface area (Å²) in [5.41, 5.74) is 1.27. The van der Waals surface area contributed by atoms with Crippen LogP contribution in [0.2, 0.25) is 5.02 Å². The summed E-state index contributed by atoms with van der Waals surface area (Å²) in [5, 5.41) is 19.6. The van der Waals surface area contributed by atoms with E-state index >= 15 is 0 Å². The fraction of sp³-hybridized carbons (Fsp3) is 0.0556. The molecule has 26 heavy (non-hydrogen) atoms. The molecule has 130 valence electrons. The molecule has 1 aromatic heterocycles. The van der Waals surface area contributed by atoms with E-state index in [1.54, 1.807) is 36.4 Å². The lowest BCUT2D eigenvalue weighted by molar-refractivity contribution is -0.137. The first kappa shape index (κ1) is 17.7. The first-order valence-electron chi connectivity index (χ1n) is 7.34. The van der Waals surface area contributed by atoms with E-state index in [1.165, 1.54) is 6.07 Å². The van der Waals surface area contributed by atoms with Crippen molar-refractivity contribution in [3.63, 3.8) is 0 Å². The molecule has 0 fully saturated rings. The quantitative estimate of drug-likeness (QED) is 0.642. The van der Waals surface area contributed by atoms with Crippen LogP contribution in [0, 0.1) is 11.3 Å². The molecule has 0 aliphatic carbocycles. The SMILES string of the molecule is N#Cc1n[nH]nc1-c1cc(Cl)ccc1/C=C/c1cccc(C(F)(F)F)c1. The third-order valence-electron chi connectivity index (χ3n) is 3.59. The third-order valence-corrected chi connectivity index (χ3v) is 3.83. The summed E-state index contributed by atoms with van der Waals surface area (Å²) >= 11 is 6.03. The maximum atomic E-state index is 12.8. The lowest BCUT2D eigenvalue weighted by Gasteiger charge is -2.07. The number of aromatic nitrogens is 3. The van der Waals surface area contributed by atoms with Crippen molar-refractivity contribution in [1.29, 1.82) is 5.26 Å². The predicted octanol–water partition coefficient (Wildman–Crippen LogP) is 5.19. The van der Waals surface area contributed by atoms with Gasteiger partial charge in [0.2, 0.25) is 0 Å². The zero-order valence-electron chi connectivity index (χ0n) is 13.0. The Morgan fingerprint density at radius 1 is 1.08 bits per heavy atom. The molecule has 0 aliphatic rings. The van der Waals surface area contributed by atoms with Crippen molar-refractivity contribution in [2.75, 3.05) is 0 Å². The number of nitriles is 1. The molecule has 0 aliphatic heterocycles. The van der Waals surface area contributed by atoms with Crippen LogP contribution in [0.25, 0.3) is 23.4 Å². The van der Waals surface area contributed by atoms with Crippen LogP contribution in [0.5, 0.6) is 0 Å². The van der Waals surface area contributed by atoms with Crippen molar-refractivity contribution in [2.24, 2.45) is 0 Å².